The Morgan fingerprint density at radius 1 is 0.971 bits per heavy atom. The van der Waals surface area contributed by atoms with Gasteiger partial charge in [-0.05, 0) is 60.7 Å². The van der Waals surface area contributed by atoms with Gasteiger partial charge < -0.3 is 19.7 Å². The third kappa shape index (κ3) is 5.22. The van der Waals surface area contributed by atoms with Gasteiger partial charge in [0.05, 0.1) is 14.2 Å². The Labute approximate surface area is 200 Å². The van der Waals surface area contributed by atoms with Crippen molar-refractivity contribution in [2.45, 2.75) is 25.3 Å². The van der Waals surface area contributed by atoms with Crippen molar-refractivity contribution in [3.63, 3.8) is 0 Å². The van der Waals surface area contributed by atoms with Crippen LogP contribution in [0, 0.1) is 0 Å². The molecule has 0 spiro atoms. The third-order valence-electron chi connectivity index (χ3n) is 6.22. The van der Waals surface area contributed by atoms with Gasteiger partial charge in [-0.1, -0.05) is 42.5 Å². The van der Waals surface area contributed by atoms with Crippen LogP contribution in [-0.4, -0.2) is 50.1 Å². The largest absolute Gasteiger partial charge is 0.497 e. The number of hydrogen-bond acceptors (Lipinski definition) is 4. The van der Waals surface area contributed by atoms with Gasteiger partial charge in [0.15, 0.2) is 0 Å². The molecule has 0 saturated carbocycles. The Morgan fingerprint density at radius 3 is 2.53 bits per heavy atom. The lowest BCUT2D eigenvalue weighted by Gasteiger charge is -2.24. The summed E-state index contributed by atoms with van der Waals surface area (Å²) in [5.41, 5.74) is 3.52. The number of carbonyl (C=O) groups is 2. The van der Waals surface area contributed by atoms with Crippen LogP contribution in [0.2, 0.25) is 0 Å². The fraction of sp³-hybridized carbons (Fsp3) is 0.286. The van der Waals surface area contributed by atoms with Crippen LogP contribution in [0.5, 0.6) is 11.5 Å². The van der Waals surface area contributed by atoms with E-state index in [1.165, 1.54) is 0 Å². The summed E-state index contributed by atoms with van der Waals surface area (Å²) >= 11 is 0. The van der Waals surface area contributed by atoms with E-state index < -0.39 is 6.04 Å². The predicted molar refractivity (Wildman–Crippen MR) is 132 cm³/mol. The second-order valence-electron chi connectivity index (χ2n) is 8.33. The second-order valence-corrected chi connectivity index (χ2v) is 8.33. The molecule has 4 rings (SSSR count). The smallest absolute Gasteiger partial charge is 0.254 e. The molecular weight excluding hydrogens is 428 g/mol. The zero-order chi connectivity index (χ0) is 23.9. The van der Waals surface area contributed by atoms with E-state index in [4.69, 9.17) is 9.47 Å². The highest BCUT2D eigenvalue weighted by Crippen LogP contribution is 2.31. The molecule has 3 aromatic rings. The van der Waals surface area contributed by atoms with Crippen molar-refractivity contribution in [3.05, 3.63) is 83.9 Å². The van der Waals surface area contributed by atoms with E-state index in [9.17, 15) is 9.59 Å². The van der Waals surface area contributed by atoms with E-state index in [1.807, 2.05) is 66.7 Å². The summed E-state index contributed by atoms with van der Waals surface area (Å²) in [6.45, 7) is 1.10. The molecule has 1 aliphatic rings. The van der Waals surface area contributed by atoms with Gasteiger partial charge in [0.2, 0.25) is 5.91 Å². The highest BCUT2D eigenvalue weighted by atomic mass is 16.5. The Morgan fingerprint density at radius 2 is 1.76 bits per heavy atom. The highest BCUT2D eigenvalue weighted by molar-refractivity contribution is 5.99. The molecule has 0 aliphatic carbocycles. The molecule has 1 saturated heterocycles. The lowest BCUT2D eigenvalue weighted by Crippen LogP contribution is -2.46. The third-order valence-corrected chi connectivity index (χ3v) is 6.22. The van der Waals surface area contributed by atoms with Crippen LogP contribution in [0.15, 0.2) is 72.8 Å². The average molecular weight is 459 g/mol. The second kappa shape index (κ2) is 10.9. The first-order chi connectivity index (χ1) is 16.6. The summed E-state index contributed by atoms with van der Waals surface area (Å²) in [6.07, 6.45) is 2.21. The van der Waals surface area contributed by atoms with Crippen LogP contribution in [0.3, 0.4) is 0 Å². The molecule has 2 amide bonds. The highest BCUT2D eigenvalue weighted by Gasteiger charge is 2.34. The van der Waals surface area contributed by atoms with Crippen LogP contribution in [0.1, 0.15) is 28.8 Å². The number of hydrogen-bond donors (Lipinski definition) is 1. The van der Waals surface area contributed by atoms with Gasteiger partial charge in [0.25, 0.3) is 5.91 Å². The van der Waals surface area contributed by atoms with E-state index in [-0.39, 0.29) is 11.8 Å². The molecule has 1 N–H and O–H groups in total. The molecule has 1 fully saturated rings. The monoisotopic (exact) mass is 458 g/mol. The number of nitrogens with zero attached hydrogens (tertiary/aromatic N) is 1. The minimum absolute atomic E-state index is 0.0970. The van der Waals surface area contributed by atoms with E-state index >= 15 is 0 Å². The van der Waals surface area contributed by atoms with Gasteiger partial charge in [0, 0.05) is 24.2 Å². The molecule has 176 valence electrons. The van der Waals surface area contributed by atoms with Gasteiger partial charge in [-0.25, -0.2) is 0 Å². The van der Waals surface area contributed by atoms with E-state index in [0.717, 1.165) is 41.0 Å². The van der Waals surface area contributed by atoms with E-state index in [1.54, 1.807) is 25.2 Å². The molecule has 34 heavy (non-hydrogen) atoms. The minimum atomic E-state index is -0.446. The Kier molecular flexibility index (Phi) is 7.48. The topological polar surface area (TPSA) is 67.9 Å². The van der Waals surface area contributed by atoms with Gasteiger partial charge in [-0.15, -0.1) is 0 Å². The van der Waals surface area contributed by atoms with Crippen molar-refractivity contribution in [2.75, 3.05) is 27.3 Å². The Balaban J connectivity index is 1.41. The maximum absolute atomic E-state index is 13.4. The van der Waals surface area contributed by atoms with Crippen LogP contribution in [0.4, 0.5) is 0 Å². The average Bonchev–Trinajstić information content (AvgIpc) is 3.39. The zero-order valence-corrected chi connectivity index (χ0v) is 19.6. The van der Waals surface area contributed by atoms with Crippen molar-refractivity contribution in [2.24, 2.45) is 0 Å². The summed E-state index contributed by atoms with van der Waals surface area (Å²) in [7, 11) is 3.27. The molecule has 1 aliphatic heterocycles. The molecule has 6 heteroatoms. The number of rotatable bonds is 8. The Bertz CT molecular complexity index is 1140. The zero-order valence-electron chi connectivity index (χ0n) is 19.6. The molecule has 1 atom stereocenters. The summed E-state index contributed by atoms with van der Waals surface area (Å²) < 4.78 is 10.7. The van der Waals surface area contributed by atoms with Crippen molar-refractivity contribution in [3.8, 4) is 22.6 Å². The number of nitrogens with one attached hydrogen (secondary N) is 1. The fourth-order valence-corrected chi connectivity index (χ4v) is 4.39. The van der Waals surface area contributed by atoms with Crippen LogP contribution >= 0.6 is 0 Å². The first kappa shape index (κ1) is 23.4. The number of para-hydroxylation sites is 1. The summed E-state index contributed by atoms with van der Waals surface area (Å²) in [5, 5.41) is 3.01. The number of benzene rings is 3. The number of likely N-dealkylation sites (tertiary alicyclic amines) is 1. The quantitative estimate of drug-likeness (QED) is 0.546. The van der Waals surface area contributed by atoms with Gasteiger partial charge in [-0.3, -0.25) is 9.59 Å². The number of ether oxygens (including phenoxy) is 2. The number of amides is 2. The molecule has 0 aromatic heterocycles. The van der Waals surface area contributed by atoms with Crippen molar-refractivity contribution in [1.82, 2.24) is 10.2 Å². The summed E-state index contributed by atoms with van der Waals surface area (Å²) in [4.78, 5) is 28.0. The predicted octanol–water partition coefficient (Wildman–Crippen LogP) is 4.33. The van der Waals surface area contributed by atoms with Crippen molar-refractivity contribution in [1.29, 1.82) is 0 Å². The minimum Gasteiger partial charge on any atom is -0.497 e. The molecule has 1 heterocycles. The Hall–Kier alpha value is -3.80. The standard InChI is InChI=1S/C28H30N2O4/c1-33-23-14-12-20(13-15-23)16-17-29-27(31)25-10-6-18-30(25)28(32)22-8-5-7-21(19-22)24-9-3-4-11-26(24)34-2/h3-5,7-9,11-15,19,25H,6,10,16-18H2,1-2H3,(H,29,31). The number of methoxy groups -OCH3 is 2. The SMILES string of the molecule is COc1ccc(CCNC(=O)C2CCCN2C(=O)c2cccc(-c3ccccc3OC)c2)cc1. The molecule has 6 nitrogen and oxygen atoms in total. The first-order valence-electron chi connectivity index (χ1n) is 11.6. The van der Waals surface area contributed by atoms with Gasteiger partial charge in [0.1, 0.15) is 17.5 Å². The summed E-state index contributed by atoms with van der Waals surface area (Å²) in [5.74, 6) is 1.34. The van der Waals surface area contributed by atoms with Gasteiger partial charge >= 0.3 is 0 Å². The maximum atomic E-state index is 13.4. The lowest BCUT2D eigenvalue weighted by atomic mass is 10.0. The lowest BCUT2D eigenvalue weighted by molar-refractivity contribution is -0.124. The maximum Gasteiger partial charge on any atom is 0.254 e. The first-order valence-corrected chi connectivity index (χ1v) is 11.6. The summed E-state index contributed by atoms with van der Waals surface area (Å²) in [6, 6.07) is 22.6. The molecule has 1 unspecified atom stereocenters. The van der Waals surface area contributed by atoms with Crippen LogP contribution < -0.4 is 14.8 Å². The molecule has 0 radical (unpaired) electrons. The van der Waals surface area contributed by atoms with E-state index in [0.29, 0.717) is 25.1 Å². The van der Waals surface area contributed by atoms with Crippen LogP contribution in [-0.2, 0) is 11.2 Å². The van der Waals surface area contributed by atoms with Gasteiger partial charge in [-0.2, -0.15) is 0 Å². The number of carbonyl (C=O) groups excluding carboxylic acids is 2. The molecule has 3 aromatic carbocycles. The van der Waals surface area contributed by atoms with Crippen LogP contribution in [0.25, 0.3) is 11.1 Å². The van der Waals surface area contributed by atoms with Crippen molar-refractivity contribution >= 4 is 11.8 Å². The molecular formula is C28H30N2O4. The fourth-order valence-electron chi connectivity index (χ4n) is 4.39. The van der Waals surface area contributed by atoms with E-state index in [2.05, 4.69) is 5.32 Å². The van der Waals surface area contributed by atoms with Crippen molar-refractivity contribution < 1.29 is 19.1 Å². The molecule has 0 bridgehead atoms. The normalized spacial score (nSPS) is 15.1.